The molecule has 8 rings (SSSR count). The van der Waals surface area contributed by atoms with Crippen LogP contribution in [0.3, 0.4) is 0 Å². The van der Waals surface area contributed by atoms with Gasteiger partial charge >= 0.3 is 0 Å². The minimum Gasteiger partial charge on any atom is -0.357 e. The molecule has 0 spiro atoms. The molecule has 0 saturated heterocycles. The predicted octanol–water partition coefficient (Wildman–Crippen LogP) is 7.91. The van der Waals surface area contributed by atoms with Gasteiger partial charge in [0.15, 0.2) is 0 Å². The number of fused-ring (bicyclic) bond motifs is 6. The third-order valence-corrected chi connectivity index (χ3v) is 10.4. The van der Waals surface area contributed by atoms with Gasteiger partial charge in [-0.15, -0.1) is 0 Å². The topological polar surface area (TPSA) is 31.7 Å². The van der Waals surface area contributed by atoms with Crippen molar-refractivity contribution in [3.8, 4) is 0 Å². The second kappa shape index (κ2) is 9.17. The van der Waals surface area contributed by atoms with Crippen LogP contribution in [-0.4, -0.2) is 29.3 Å². The fourth-order valence-corrected chi connectivity index (χ4v) is 8.18. The first-order valence-corrected chi connectivity index (χ1v) is 15.0. The normalized spacial score (nSPS) is 32.2. The number of hydrogen-bond donors (Lipinski definition) is 0. The van der Waals surface area contributed by atoms with Crippen LogP contribution in [0.2, 0.25) is 0 Å². The van der Waals surface area contributed by atoms with Crippen LogP contribution in [0, 0.1) is 12.8 Å². The highest BCUT2D eigenvalue weighted by molar-refractivity contribution is 5.85. The van der Waals surface area contributed by atoms with Crippen LogP contribution in [0.15, 0.2) is 115 Å². The molecule has 1 aromatic heterocycles. The SMILES string of the molecule is Cc1cc(N2c3ccccc3C3C=NC=CC32)ccc1C1(C)C=CC(N2c3ccncc3C3C=CC=CC32)CC1C. The van der Waals surface area contributed by atoms with Crippen molar-refractivity contribution in [1.29, 1.82) is 0 Å². The van der Waals surface area contributed by atoms with E-state index < -0.39 is 0 Å². The maximum absolute atomic E-state index is 4.47. The highest BCUT2D eigenvalue weighted by atomic mass is 15.2. The third kappa shape index (κ3) is 3.59. The van der Waals surface area contributed by atoms with Crippen LogP contribution in [0.4, 0.5) is 17.1 Å². The molecule has 0 N–H and O–H groups in total. The van der Waals surface area contributed by atoms with Gasteiger partial charge in [0.1, 0.15) is 0 Å². The average Bonchev–Trinajstić information content (AvgIpc) is 3.52. The highest BCUT2D eigenvalue weighted by Crippen LogP contribution is 2.50. The number of rotatable bonds is 3. The Labute approximate surface area is 243 Å². The molecule has 0 saturated carbocycles. The number of hydrogen-bond acceptors (Lipinski definition) is 4. The number of aromatic nitrogens is 1. The summed E-state index contributed by atoms with van der Waals surface area (Å²) >= 11 is 0. The molecular weight excluding hydrogens is 500 g/mol. The van der Waals surface area contributed by atoms with Gasteiger partial charge < -0.3 is 9.80 Å². The van der Waals surface area contributed by atoms with Crippen molar-refractivity contribution in [2.75, 3.05) is 9.80 Å². The van der Waals surface area contributed by atoms with Crippen molar-refractivity contribution in [2.45, 2.75) is 62.6 Å². The van der Waals surface area contributed by atoms with Crippen molar-refractivity contribution >= 4 is 23.3 Å². The Morgan fingerprint density at radius 2 is 1.76 bits per heavy atom. The zero-order chi connectivity index (χ0) is 27.7. The molecule has 4 heteroatoms. The van der Waals surface area contributed by atoms with Crippen molar-refractivity contribution in [1.82, 2.24) is 4.98 Å². The lowest BCUT2D eigenvalue weighted by Crippen LogP contribution is -2.46. The number of aliphatic imine (C=N–C) groups is 1. The first kappa shape index (κ1) is 24.6. The molecular formula is C37H36N4. The third-order valence-electron chi connectivity index (χ3n) is 10.4. The summed E-state index contributed by atoms with van der Waals surface area (Å²) < 4.78 is 0. The molecule has 0 amide bonds. The Balaban J connectivity index is 1.12. The molecule has 2 aromatic carbocycles. The van der Waals surface area contributed by atoms with Crippen LogP contribution in [0.1, 0.15) is 54.4 Å². The molecule has 0 fully saturated rings. The molecule has 4 heterocycles. The van der Waals surface area contributed by atoms with Crippen LogP contribution in [-0.2, 0) is 5.41 Å². The second-order valence-corrected chi connectivity index (χ2v) is 12.6. The van der Waals surface area contributed by atoms with E-state index in [2.05, 4.69) is 144 Å². The summed E-state index contributed by atoms with van der Waals surface area (Å²) in [5, 5.41) is 0. The van der Waals surface area contributed by atoms with E-state index in [1.807, 2.05) is 12.4 Å². The van der Waals surface area contributed by atoms with E-state index in [-0.39, 0.29) is 11.5 Å². The van der Waals surface area contributed by atoms with E-state index in [0.29, 0.717) is 29.8 Å². The van der Waals surface area contributed by atoms with Crippen LogP contribution >= 0.6 is 0 Å². The van der Waals surface area contributed by atoms with Gasteiger partial charge in [0.2, 0.25) is 0 Å². The lowest BCUT2D eigenvalue weighted by atomic mass is 9.66. The van der Waals surface area contributed by atoms with E-state index in [1.54, 1.807) is 0 Å². The maximum Gasteiger partial charge on any atom is 0.0659 e. The quantitative estimate of drug-likeness (QED) is 0.319. The first-order chi connectivity index (χ1) is 20.0. The van der Waals surface area contributed by atoms with Crippen molar-refractivity contribution in [3.63, 3.8) is 0 Å². The van der Waals surface area contributed by atoms with E-state index in [1.165, 1.54) is 39.3 Å². The molecule has 3 aromatic rings. The Hall–Kier alpha value is -4.18. The van der Waals surface area contributed by atoms with E-state index in [0.717, 1.165) is 6.42 Å². The number of para-hydroxylation sites is 1. The molecule has 3 aliphatic heterocycles. The fraction of sp³-hybridized carbons (Fsp3) is 0.297. The molecule has 7 unspecified atom stereocenters. The minimum absolute atomic E-state index is 0.0233. The van der Waals surface area contributed by atoms with Crippen LogP contribution in [0.5, 0.6) is 0 Å². The standard InChI is InChI=1S/C37H36N4/c1-24-20-26(40-33-10-6-4-8-28(33)30-22-38-18-15-35(30)40)12-13-32(24)37(3)17-14-27(21-25(37)2)41-34-11-7-5-9-29(34)31-23-39-19-16-36(31)41/h4-20,22-23,25,27,29-30,34-35H,21H2,1-3H3. The average molecular weight is 537 g/mol. The lowest BCUT2D eigenvalue weighted by Gasteiger charge is -2.44. The van der Waals surface area contributed by atoms with Gasteiger partial charge in [0, 0.05) is 70.7 Å². The molecule has 5 aliphatic rings. The Kier molecular flexibility index (Phi) is 5.50. The molecule has 41 heavy (non-hydrogen) atoms. The first-order valence-electron chi connectivity index (χ1n) is 15.0. The fourth-order valence-electron chi connectivity index (χ4n) is 8.18. The Morgan fingerprint density at radius 1 is 0.878 bits per heavy atom. The van der Waals surface area contributed by atoms with Gasteiger partial charge in [-0.3, -0.25) is 9.98 Å². The van der Waals surface area contributed by atoms with Gasteiger partial charge in [-0.1, -0.05) is 74.6 Å². The predicted molar refractivity (Wildman–Crippen MR) is 170 cm³/mol. The molecule has 204 valence electrons. The van der Waals surface area contributed by atoms with Gasteiger partial charge in [0.25, 0.3) is 0 Å². The van der Waals surface area contributed by atoms with Crippen molar-refractivity contribution in [2.24, 2.45) is 10.9 Å². The maximum atomic E-state index is 4.47. The summed E-state index contributed by atoms with van der Waals surface area (Å²) in [6.07, 6.45) is 25.5. The van der Waals surface area contributed by atoms with Crippen LogP contribution < -0.4 is 9.80 Å². The smallest absolute Gasteiger partial charge is 0.0659 e. The van der Waals surface area contributed by atoms with Gasteiger partial charge in [-0.05, 0) is 66.3 Å². The zero-order valence-electron chi connectivity index (χ0n) is 23.9. The zero-order valence-corrected chi connectivity index (χ0v) is 23.9. The second-order valence-electron chi connectivity index (χ2n) is 12.6. The van der Waals surface area contributed by atoms with Crippen molar-refractivity contribution < 1.29 is 0 Å². The monoisotopic (exact) mass is 536 g/mol. The largest absolute Gasteiger partial charge is 0.357 e. The van der Waals surface area contributed by atoms with E-state index in [4.69, 9.17) is 0 Å². The van der Waals surface area contributed by atoms with Gasteiger partial charge in [-0.25, -0.2) is 0 Å². The summed E-state index contributed by atoms with van der Waals surface area (Å²) in [5.41, 5.74) is 9.35. The Morgan fingerprint density at radius 3 is 2.63 bits per heavy atom. The van der Waals surface area contributed by atoms with Crippen molar-refractivity contribution in [3.05, 3.63) is 132 Å². The van der Waals surface area contributed by atoms with Crippen LogP contribution in [0.25, 0.3) is 0 Å². The number of allylic oxidation sites excluding steroid dienone is 3. The minimum atomic E-state index is -0.0233. The highest BCUT2D eigenvalue weighted by Gasteiger charge is 2.44. The lowest BCUT2D eigenvalue weighted by molar-refractivity contribution is 0.322. The van der Waals surface area contributed by atoms with Gasteiger partial charge in [-0.2, -0.15) is 0 Å². The summed E-state index contributed by atoms with van der Waals surface area (Å²) in [7, 11) is 0. The molecule has 4 nitrogen and oxygen atoms in total. The summed E-state index contributed by atoms with van der Waals surface area (Å²) in [6.45, 7) is 7.17. The van der Waals surface area contributed by atoms with E-state index in [9.17, 15) is 0 Å². The number of nitrogens with zero attached hydrogens (tertiary/aromatic N) is 4. The van der Waals surface area contributed by atoms with Gasteiger partial charge in [0.05, 0.1) is 12.1 Å². The Bertz CT molecular complexity index is 1680. The summed E-state index contributed by atoms with van der Waals surface area (Å²) in [5.74, 6) is 1.17. The molecule has 0 radical (unpaired) electrons. The van der Waals surface area contributed by atoms with E-state index >= 15 is 0 Å². The number of aryl methyl sites for hydroxylation is 1. The molecule has 2 aliphatic carbocycles. The number of pyridine rings is 1. The summed E-state index contributed by atoms with van der Waals surface area (Å²) in [6, 6.07) is 19.1. The molecule has 0 bridgehead atoms. The number of anilines is 3. The summed E-state index contributed by atoms with van der Waals surface area (Å²) in [4.78, 5) is 14.1. The molecule has 7 atom stereocenters. The number of benzene rings is 2.